The number of thiophene rings is 1. The first kappa shape index (κ1) is 28.9. The van der Waals surface area contributed by atoms with Crippen molar-refractivity contribution in [2.45, 2.75) is 31.3 Å². The Balaban J connectivity index is 0.000000197. The highest BCUT2D eigenvalue weighted by molar-refractivity contribution is 7.17. The molecule has 2 aromatic heterocycles. The Hall–Kier alpha value is -2.30. The van der Waals surface area contributed by atoms with Gasteiger partial charge in [0, 0.05) is 39.1 Å². The highest BCUT2D eigenvalue weighted by atomic mass is 35.5. The number of rotatable bonds is 5. The number of hydrogen-bond acceptors (Lipinski definition) is 6. The van der Waals surface area contributed by atoms with Crippen molar-refractivity contribution < 1.29 is 14.0 Å². The number of nitrogens with zero attached hydrogens (tertiary/aromatic N) is 2. The summed E-state index contributed by atoms with van der Waals surface area (Å²) in [6.07, 6.45) is 5.16. The molecule has 1 aromatic carbocycles. The average Bonchev–Trinajstić information content (AvgIpc) is 3.40. The van der Waals surface area contributed by atoms with Crippen LogP contribution in [0.15, 0.2) is 42.6 Å². The van der Waals surface area contributed by atoms with Crippen LogP contribution in [0.3, 0.4) is 0 Å². The number of aldehydes is 1. The molecule has 2 atom stereocenters. The third-order valence-corrected chi connectivity index (χ3v) is 7.05. The minimum absolute atomic E-state index is 0.125. The highest BCUT2D eigenvalue weighted by Gasteiger charge is 2.20. The summed E-state index contributed by atoms with van der Waals surface area (Å²) in [6, 6.07) is 10.5. The molecule has 7 nitrogen and oxygen atoms in total. The van der Waals surface area contributed by atoms with Crippen molar-refractivity contribution in [1.29, 1.82) is 0 Å². The van der Waals surface area contributed by atoms with E-state index in [1.807, 2.05) is 7.05 Å². The predicted octanol–water partition coefficient (Wildman–Crippen LogP) is 4.56. The molecule has 1 amide bonds. The first-order chi connectivity index (χ1) is 16.8. The van der Waals surface area contributed by atoms with Crippen molar-refractivity contribution in [2.24, 2.45) is 7.05 Å². The number of aryl methyl sites for hydroxylation is 1. The Bertz CT molecular complexity index is 1050. The molecule has 3 N–H and O–H groups in total. The number of benzene rings is 1. The Morgan fingerprint density at radius 1 is 1.26 bits per heavy atom. The zero-order chi connectivity index (χ0) is 25.8. The van der Waals surface area contributed by atoms with Gasteiger partial charge in [0.1, 0.15) is 5.82 Å². The van der Waals surface area contributed by atoms with Gasteiger partial charge in [-0.05, 0) is 38.1 Å². The maximum atomic E-state index is 11.9. The van der Waals surface area contributed by atoms with Crippen LogP contribution in [-0.2, 0) is 11.8 Å². The third-order valence-electron chi connectivity index (χ3n) is 5.30. The molecule has 190 valence electrons. The maximum Gasteiger partial charge on any atom is 0.221 e. The van der Waals surface area contributed by atoms with Gasteiger partial charge in [0.05, 0.1) is 31.7 Å². The van der Waals surface area contributed by atoms with Crippen molar-refractivity contribution in [2.75, 3.05) is 20.6 Å². The monoisotopic (exact) mass is 541 g/mol. The molecule has 0 saturated carbocycles. The average molecular weight is 543 g/mol. The van der Waals surface area contributed by atoms with Crippen LogP contribution in [0.1, 0.15) is 28.9 Å². The van der Waals surface area contributed by atoms with Crippen LogP contribution in [0.5, 0.6) is 0 Å². The lowest BCUT2D eigenvalue weighted by molar-refractivity contribution is -0.121. The number of hydrogen-bond donors (Lipinski definition) is 3. The number of halogens is 3. The summed E-state index contributed by atoms with van der Waals surface area (Å²) < 4.78 is 13.5. The van der Waals surface area contributed by atoms with E-state index in [0.29, 0.717) is 33.4 Å². The maximum absolute atomic E-state index is 11.9. The van der Waals surface area contributed by atoms with Gasteiger partial charge in [-0.3, -0.25) is 14.3 Å². The van der Waals surface area contributed by atoms with Crippen molar-refractivity contribution in [3.8, 4) is 10.6 Å². The van der Waals surface area contributed by atoms with E-state index in [1.54, 1.807) is 49.2 Å². The fourth-order valence-corrected chi connectivity index (χ4v) is 5.01. The van der Waals surface area contributed by atoms with Crippen LogP contribution >= 0.6 is 34.5 Å². The van der Waals surface area contributed by atoms with Crippen LogP contribution in [0.25, 0.3) is 10.6 Å². The van der Waals surface area contributed by atoms with Crippen molar-refractivity contribution in [3.63, 3.8) is 0 Å². The fourth-order valence-electron chi connectivity index (χ4n) is 3.35. The van der Waals surface area contributed by atoms with Gasteiger partial charge in [0.15, 0.2) is 6.29 Å². The highest BCUT2D eigenvalue weighted by Crippen LogP contribution is 2.38. The summed E-state index contributed by atoms with van der Waals surface area (Å²) in [5.41, 5.74) is 0.736. The molecule has 4 rings (SSSR count). The summed E-state index contributed by atoms with van der Waals surface area (Å²) in [4.78, 5) is 23.0. The molecule has 35 heavy (non-hydrogen) atoms. The first-order valence-electron chi connectivity index (χ1n) is 11.0. The standard InChI is InChI=1S/C9H6Cl2N2OS.C9H19N3O.C6H5F/c1-13-8(7(11)3-12-13)9-6(10)2-5(4-14)15-9;1-10-8-4-3-7(12-6-8)5-9(13)11-2;7-6-4-2-1-3-5-6/h2-4H,1H3;7-8,10,12H,3-6H2,1-2H3,(H,11,13);1-5H. The normalized spacial score (nSPS) is 16.9. The Kier molecular flexibility index (Phi) is 12.4. The quantitative estimate of drug-likeness (QED) is 0.412. The van der Waals surface area contributed by atoms with Gasteiger partial charge in [-0.1, -0.05) is 41.4 Å². The Morgan fingerprint density at radius 2 is 1.97 bits per heavy atom. The van der Waals surface area contributed by atoms with E-state index >= 15 is 0 Å². The Labute approximate surface area is 219 Å². The summed E-state index contributed by atoms with van der Waals surface area (Å²) in [7, 11) is 5.44. The fraction of sp³-hybridized carbons (Fsp3) is 0.375. The molecule has 1 aliphatic heterocycles. The van der Waals surface area contributed by atoms with Crippen molar-refractivity contribution in [1.82, 2.24) is 25.7 Å². The SMILES string of the molecule is CNC(=O)CC1CCC(NC)CN1.Cn1ncc(Cl)c1-c1sc(C=O)cc1Cl.Fc1ccccc1. The second-order valence-corrected chi connectivity index (χ2v) is 9.65. The van der Waals surface area contributed by atoms with E-state index in [4.69, 9.17) is 23.2 Å². The van der Waals surface area contributed by atoms with Gasteiger partial charge in [-0.2, -0.15) is 5.10 Å². The Morgan fingerprint density at radius 3 is 2.40 bits per heavy atom. The molecule has 0 bridgehead atoms. The number of carbonyl (C=O) groups excluding carboxylic acids is 2. The van der Waals surface area contributed by atoms with Gasteiger partial charge in [-0.25, -0.2) is 4.39 Å². The molecule has 0 spiro atoms. The van der Waals surface area contributed by atoms with Gasteiger partial charge in [-0.15, -0.1) is 11.3 Å². The van der Waals surface area contributed by atoms with E-state index in [0.717, 1.165) is 36.2 Å². The van der Waals surface area contributed by atoms with Crippen molar-refractivity contribution >= 4 is 46.7 Å². The van der Waals surface area contributed by atoms with Crippen molar-refractivity contribution in [3.05, 3.63) is 63.3 Å². The molecule has 1 saturated heterocycles. The third kappa shape index (κ3) is 9.35. The molecular formula is C24H30Cl2FN5O2S. The molecule has 2 unspecified atom stereocenters. The number of carbonyl (C=O) groups is 2. The molecule has 3 heterocycles. The zero-order valence-corrected chi connectivity index (χ0v) is 22.2. The zero-order valence-electron chi connectivity index (χ0n) is 19.9. The molecule has 11 heteroatoms. The van der Waals surface area contributed by atoms with Gasteiger partial charge in [0.25, 0.3) is 0 Å². The van der Waals surface area contributed by atoms with E-state index in [-0.39, 0.29) is 11.7 Å². The van der Waals surface area contributed by atoms with E-state index in [2.05, 4.69) is 21.0 Å². The smallest absolute Gasteiger partial charge is 0.221 e. The number of amides is 1. The summed E-state index contributed by atoms with van der Waals surface area (Å²) in [6.45, 7) is 0.970. The minimum Gasteiger partial charge on any atom is -0.359 e. The number of piperidine rings is 1. The van der Waals surface area contributed by atoms with E-state index in [1.165, 1.54) is 23.5 Å². The van der Waals surface area contributed by atoms with E-state index < -0.39 is 0 Å². The molecule has 0 radical (unpaired) electrons. The van der Waals surface area contributed by atoms with Crippen LogP contribution in [-0.4, -0.2) is 54.7 Å². The number of nitrogens with one attached hydrogen (secondary N) is 3. The lowest BCUT2D eigenvalue weighted by atomic mass is 9.98. The molecule has 1 aliphatic rings. The second kappa shape index (κ2) is 15.0. The molecular weight excluding hydrogens is 512 g/mol. The number of aromatic nitrogens is 2. The predicted molar refractivity (Wildman–Crippen MR) is 141 cm³/mol. The molecule has 0 aliphatic carbocycles. The molecule has 1 fully saturated rings. The van der Waals surface area contributed by atoms with Gasteiger partial charge < -0.3 is 16.0 Å². The number of likely N-dealkylation sites (N-methyl/N-ethyl adjacent to an activating group) is 1. The topological polar surface area (TPSA) is 88.1 Å². The van der Waals surface area contributed by atoms with Gasteiger partial charge >= 0.3 is 0 Å². The summed E-state index contributed by atoms with van der Waals surface area (Å²) in [5.74, 6) is -0.0529. The van der Waals surface area contributed by atoms with E-state index in [9.17, 15) is 14.0 Å². The van der Waals surface area contributed by atoms with Crippen LogP contribution in [0.4, 0.5) is 4.39 Å². The second-order valence-electron chi connectivity index (χ2n) is 7.75. The van der Waals surface area contributed by atoms with Crippen LogP contribution in [0.2, 0.25) is 10.0 Å². The summed E-state index contributed by atoms with van der Waals surface area (Å²) >= 11 is 13.3. The van der Waals surface area contributed by atoms with Crippen LogP contribution < -0.4 is 16.0 Å². The van der Waals surface area contributed by atoms with Gasteiger partial charge in [0.2, 0.25) is 5.91 Å². The lowest BCUT2D eigenvalue weighted by Crippen LogP contribution is -2.48. The molecule has 3 aromatic rings. The lowest BCUT2D eigenvalue weighted by Gasteiger charge is -2.29. The first-order valence-corrected chi connectivity index (χ1v) is 12.6. The largest absolute Gasteiger partial charge is 0.359 e. The van der Waals surface area contributed by atoms with Crippen LogP contribution in [0, 0.1) is 5.82 Å². The minimum atomic E-state index is -0.178. The summed E-state index contributed by atoms with van der Waals surface area (Å²) in [5, 5.41) is 14.3.